The number of urea groups is 1. The van der Waals surface area contributed by atoms with E-state index in [4.69, 9.17) is 5.73 Å². The average Bonchev–Trinajstić information content (AvgIpc) is 3.30. The third kappa shape index (κ3) is 4.45. The molecule has 2 aliphatic rings. The lowest BCUT2D eigenvalue weighted by Crippen LogP contribution is -2.41. The summed E-state index contributed by atoms with van der Waals surface area (Å²) in [4.78, 5) is 65.2. The molecule has 9 nitrogen and oxygen atoms in total. The smallest absolute Gasteiger partial charge is 0.328 e. The first kappa shape index (κ1) is 25.9. The minimum Gasteiger partial charge on any atom is -0.351 e. The van der Waals surface area contributed by atoms with E-state index in [0.29, 0.717) is 20.5 Å². The van der Waals surface area contributed by atoms with Crippen LogP contribution < -0.4 is 15.9 Å². The van der Waals surface area contributed by atoms with Crippen LogP contribution in [-0.2, 0) is 26.3 Å². The number of nitrogens with zero attached hydrogens (tertiary/aromatic N) is 2. The molecule has 1 saturated heterocycles. The fourth-order valence-corrected chi connectivity index (χ4v) is 7.66. The molecule has 0 bridgehead atoms. The molecule has 0 radical (unpaired) electrons. The van der Waals surface area contributed by atoms with Gasteiger partial charge in [0.25, 0.3) is 5.91 Å². The zero-order chi connectivity index (χ0) is 27.4. The number of aromatic nitrogens is 1. The van der Waals surface area contributed by atoms with Crippen molar-refractivity contribution in [1.82, 2.24) is 9.47 Å². The molecule has 5 amide bonds. The molecular formula is C27H26N4O5S2. The van der Waals surface area contributed by atoms with Crippen molar-refractivity contribution in [3.05, 3.63) is 80.3 Å². The second-order valence-electron chi connectivity index (χ2n) is 10.3. The molecule has 2 aliphatic heterocycles. The van der Waals surface area contributed by atoms with E-state index in [1.165, 1.54) is 4.57 Å². The Balaban J connectivity index is 1.58. The number of thiazole rings is 1. The molecule has 1 aromatic heterocycles. The lowest BCUT2D eigenvalue weighted by Gasteiger charge is -2.31. The Morgan fingerprint density at radius 3 is 2.24 bits per heavy atom. The predicted octanol–water partition coefficient (Wildman–Crippen LogP) is 3.52. The summed E-state index contributed by atoms with van der Waals surface area (Å²) >= 11 is 1.98. The molecule has 0 spiro atoms. The van der Waals surface area contributed by atoms with Crippen LogP contribution >= 0.6 is 23.1 Å². The predicted molar refractivity (Wildman–Crippen MR) is 145 cm³/mol. The summed E-state index contributed by atoms with van der Waals surface area (Å²) in [7, 11) is 0. The highest BCUT2D eigenvalue weighted by Crippen LogP contribution is 2.53. The summed E-state index contributed by atoms with van der Waals surface area (Å²) in [5.74, 6) is -3.34. The van der Waals surface area contributed by atoms with E-state index in [1.807, 2.05) is 30.3 Å². The van der Waals surface area contributed by atoms with Crippen molar-refractivity contribution in [3.63, 3.8) is 0 Å². The summed E-state index contributed by atoms with van der Waals surface area (Å²) in [5.41, 5.74) is 7.70. The molecule has 5 rings (SSSR count). The molecule has 2 aromatic carbocycles. The van der Waals surface area contributed by atoms with Gasteiger partial charge in [0.1, 0.15) is 11.8 Å². The lowest BCUT2D eigenvalue weighted by atomic mass is 9.81. The Morgan fingerprint density at radius 2 is 1.63 bits per heavy atom. The van der Waals surface area contributed by atoms with E-state index in [-0.39, 0.29) is 16.8 Å². The van der Waals surface area contributed by atoms with Gasteiger partial charge in [0.2, 0.25) is 11.8 Å². The van der Waals surface area contributed by atoms with Gasteiger partial charge in [-0.05, 0) is 28.7 Å². The monoisotopic (exact) mass is 550 g/mol. The summed E-state index contributed by atoms with van der Waals surface area (Å²) in [6.45, 7) is 6.00. The molecule has 3 N–H and O–H groups in total. The van der Waals surface area contributed by atoms with Crippen molar-refractivity contribution in [1.29, 1.82) is 0 Å². The number of hydrogen-bond donors (Lipinski definition) is 2. The van der Waals surface area contributed by atoms with E-state index < -0.39 is 40.8 Å². The Bertz CT molecular complexity index is 1500. The number of para-hydroxylation sites is 1. The van der Waals surface area contributed by atoms with Crippen molar-refractivity contribution >= 4 is 52.5 Å². The molecule has 1 fully saturated rings. The van der Waals surface area contributed by atoms with Crippen LogP contribution in [-0.4, -0.2) is 38.5 Å². The maximum absolute atomic E-state index is 13.3. The van der Waals surface area contributed by atoms with Crippen LogP contribution in [0, 0.1) is 5.92 Å². The molecular weight excluding hydrogens is 524 g/mol. The van der Waals surface area contributed by atoms with Crippen molar-refractivity contribution in [2.75, 3.05) is 5.32 Å². The zero-order valence-electron chi connectivity index (χ0n) is 21.0. The number of anilines is 1. The first-order valence-corrected chi connectivity index (χ1v) is 13.7. The summed E-state index contributed by atoms with van der Waals surface area (Å²) in [6, 6.07) is 15.5. The van der Waals surface area contributed by atoms with E-state index >= 15 is 0 Å². The quantitative estimate of drug-likeness (QED) is 0.478. The summed E-state index contributed by atoms with van der Waals surface area (Å²) in [5, 5.41) is 2.26. The number of amides is 5. The zero-order valence-corrected chi connectivity index (χ0v) is 22.6. The van der Waals surface area contributed by atoms with Gasteiger partial charge in [0.05, 0.1) is 10.9 Å². The third-order valence-corrected chi connectivity index (χ3v) is 9.37. The highest BCUT2D eigenvalue weighted by atomic mass is 32.2. The SMILES string of the molecule is CC(C)(C)c1ccc([C@@H]2c3sc(=O)n(CC(=O)Nc4ccccc4)c3SC3C(=O)N(C(N)=O)C(=O)C32)cc1. The number of primary amides is 1. The van der Waals surface area contributed by atoms with Crippen LogP contribution in [0.4, 0.5) is 10.5 Å². The van der Waals surface area contributed by atoms with Crippen LogP contribution in [0.1, 0.15) is 42.7 Å². The number of thioether (sulfide) groups is 1. The lowest BCUT2D eigenvalue weighted by molar-refractivity contribution is -0.135. The second kappa shape index (κ2) is 9.55. The van der Waals surface area contributed by atoms with Crippen LogP contribution in [0.15, 0.2) is 64.4 Å². The van der Waals surface area contributed by atoms with E-state index in [0.717, 1.165) is 34.2 Å². The van der Waals surface area contributed by atoms with Gasteiger partial charge in [0, 0.05) is 16.5 Å². The van der Waals surface area contributed by atoms with Gasteiger partial charge in [-0.25, -0.2) is 4.79 Å². The van der Waals surface area contributed by atoms with Crippen LogP contribution in [0.5, 0.6) is 0 Å². The fraction of sp³-hybridized carbons (Fsp3) is 0.296. The molecule has 38 heavy (non-hydrogen) atoms. The standard InChI is InChI=1S/C27H26N4O5S2/c1-27(2,3)15-11-9-14(10-12-15)18-19-20(23(34)31(22(19)33)25(28)35)37-24-21(18)38-26(36)30(24)13-17(32)29-16-7-5-4-6-8-16/h4-12,18-20H,13H2,1-3H3,(H2,28,35)(H,29,32)/t18-,19?,20?/m0/s1. The van der Waals surface area contributed by atoms with Gasteiger partial charge in [-0.2, -0.15) is 4.90 Å². The molecule has 3 aromatic rings. The number of benzene rings is 2. The number of rotatable bonds is 4. The Morgan fingerprint density at radius 1 is 0.974 bits per heavy atom. The molecule has 0 aliphatic carbocycles. The van der Waals surface area contributed by atoms with E-state index in [9.17, 15) is 24.0 Å². The van der Waals surface area contributed by atoms with Crippen molar-refractivity contribution in [2.24, 2.45) is 11.7 Å². The minimum atomic E-state index is -1.13. The number of carbonyl (C=O) groups is 4. The van der Waals surface area contributed by atoms with Crippen molar-refractivity contribution in [3.8, 4) is 0 Å². The third-order valence-electron chi connectivity index (χ3n) is 6.76. The molecule has 3 heterocycles. The average molecular weight is 551 g/mol. The fourth-order valence-electron chi connectivity index (χ4n) is 4.89. The second-order valence-corrected chi connectivity index (χ2v) is 12.4. The first-order chi connectivity index (χ1) is 18.0. The number of likely N-dealkylation sites (tertiary alicyclic amines) is 1. The Kier molecular flexibility index (Phi) is 6.52. The molecule has 3 atom stereocenters. The molecule has 0 saturated carbocycles. The Labute approximate surface area is 227 Å². The number of fused-ring (bicyclic) bond motifs is 2. The molecule has 2 unspecified atom stereocenters. The number of nitrogens with two attached hydrogens (primary N) is 1. The minimum absolute atomic E-state index is 0.100. The van der Waals surface area contributed by atoms with Gasteiger partial charge < -0.3 is 11.1 Å². The van der Waals surface area contributed by atoms with Gasteiger partial charge in [-0.3, -0.25) is 23.7 Å². The van der Waals surface area contributed by atoms with Gasteiger partial charge in [-0.1, -0.05) is 86.3 Å². The maximum Gasteiger partial charge on any atom is 0.328 e. The number of nitrogens with one attached hydrogen (secondary N) is 1. The van der Waals surface area contributed by atoms with Crippen LogP contribution in [0.2, 0.25) is 0 Å². The number of imide groups is 3. The highest BCUT2D eigenvalue weighted by Gasteiger charge is 2.57. The van der Waals surface area contributed by atoms with Gasteiger partial charge in [0.15, 0.2) is 0 Å². The largest absolute Gasteiger partial charge is 0.351 e. The normalized spacial score (nSPS) is 20.7. The van der Waals surface area contributed by atoms with Gasteiger partial charge >= 0.3 is 10.9 Å². The maximum atomic E-state index is 13.3. The van der Waals surface area contributed by atoms with Crippen LogP contribution in [0.3, 0.4) is 0 Å². The number of hydrogen-bond acceptors (Lipinski definition) is 7. The first-order valence-electron chi connectivity index (χ1n) is 12.0. The van der Waals surface area contributed by atoms with Crippen molar-refractivity contribution < 1.29 is 19.2 Å². The topological polar surface area (TPSA) is 132 Å². The summed E-state index contributed by atoms with van der Waals surface area (Å²) < 4.78 is 1.33. The number of carbonyl (C=O) groups excluding carboxylic acids is 4. The van der Waals surface area contributed by atoms with Gasteiger partial charge in [-0.15, -0.1) is 0 Å². The van der Waals surface area contributed by atoms with E-state index in [1.54, 1.807) is 24.3 Å². The molecule has 11 heteroatoms. The van der Waals surface area contributed by atoms with Crippen LogP contribution in [0.25, 0.3) is 0 Å². The van der Waals surface area contributed by atoms with E-state index in [2.05, 4.69) is 26.1 Å². The summed E-state index contributed by atoms with van der Waals surface area (Å²) in [6.07, 6.45) is 0. The highest BCUT2D eigenvalue weighted by molar-refractivity contribution is 8.00. The molecule has 196 valence electrons. The Hall–Kier alpha value is -3.70. The van der Waals surface area contributed by atoms with Crippen molar-refractivity contribution in [2.45, 2.75) is 48.9 Å².